The third-order valence-electron chi connectivity index (χ3n) is 4.15. The number of rotatable bonds is 3. The highest BCUT2D eigenvalue weighted by atomic mass is 16.5. The molecule has 0 spiro atoms. The lowest BCUT2D eigenvalue weighted by atomic mass is 9.95. The molecule has 2 fully saturated rings. The minimum Gasteiger partial charge on any atom is -0.379 e. The first-order valence-corrected chi connectivity index (χ1v) is 6.96. The SMILES string of the molecule is CNC1COCC1c1nc(C2(C)CCCCO2)no1. The molecule has 1 N–H and O–H groups in total. The molecule has 0 aliphatic carbocycles. The smallest absolute Gasteiger partial charge is 0.233 e. The predicted octanol–water partition coefficient (Wildman–Crippen LogP) is 1.19. The molecule has 106 valence electrons. The van der Waals surface area contributed by atoms with E-state index in [0.29, 0.717) is 24.9 Å². The highest BCUT2D eigenvalue weighted by molar-refractivity contribution is 5.06. The number of hydrogen-bond acceptors (Lipinski definition) is 6. The summed E-state index contributed by atoms with van der Waals surface area (Å²) >= 11 is 0. The minimum atomic E-state index is -0.394. The van der Waals surface area contributed by atoms with Gasteiger partial charge in [-0.05, 0) is 33.2 Å². The van der Waals surface area contributed by atoms with Crippen molar-refractivity contribution >= 4 is 0 Å². The summed E-state index contributed by atoms with van der Waals surface area (Å²) in [5, 5.41) is 7.36. The van der Waals surface area contributed by atoms with E-state index in [9.17, 15) is 0 Å². The van der Waals surface area contributed by atoms with Crippen molar-refractivity contribution in [1.82, 2.24) is 15.5 Å². The second kappa shape index (κ2) is 5.19. The maximum atomic E-state index is 5.85. The van der Waals surface area contributed by atoms with Crippen LogP contribution in [0.25, 0.3) is 0 Å². The van der Waals surface area contributed by atoms with Gasteiger partial charge in [-0.3, -0.25) is 0 Å². The summed E-state index contributed by atoms with van der Waals surface area (Å²) < 4.78 is 16.8. The van der Waals surface area contributed by atoms with E-state index < -0.39 is 5.60 Å². The van der Waals surface area contributed by atoms with Crippen LogP contribution in [0.4, 0.5) is 0 Å². The molecule has 3 atom stereocenters. The minimum absolute atomic E-state index is 0.137. The molecule has 3 heterocycles. The van der Waals surface area contributed by atoms with Crippen LogP contribution in [0.3, 0.4) is 0 Å². The predicted molar refractivity (Wildman–Crippen MR) is 67.9 cm³/mol. The van der Waals surface area contributed by atoms with Gasteiger partial charge in [0.25, 0.3) is 0 Å². The molecule has 0 saturated carbocycles. The van der Waals surface area contributed by atoms with Gasteiger partial charge < -0.3 is 19.3 Å². The summed E-state index contributed by atoms with van der Waals surface area (Å²) in [5.74, 6) is 1.46. The average Bonchev–Trinajstić information content (AvgIpc) is 3.08. The van der Waals surface area contributed by atoms with Gasteiger partial charge in [-0.25, -0.2) is 0 Å². The van der Waals surface area contributed by atoms with Crippen LogP contribution in [-0.2, 0) is 15.1 Å². The van der Waals surface area contributed by atoms with E-state index in [1.165, 1.54) is 0 Å². The van der Waals surface area contributed by atoms with Crippen molar-refractivity contribution in [2.24, 2.45) is 0 Å². The molecular weight excluding hydrogens is 246 g/mol. The second-order valence-electron chi connectivity index (χ2n) is 5.53. The molecule has 2 saturated heterocycles. The number of nitrogens with zero attached hydrogens (tertiary/aromatic N) is 2. The lowest BCUT2D eigenvalue weighted by Gasteiger charge is -2.30. The Balaban J connectivity index is 1.79. The summed E-state index contributed by atoms with van der Waals surface area (Å²) in [6, 6.07) is 0.244. The Kier molecular flexibility index (Phi) is 3.56. The van der Waals surface area contributed by atoms with E-state index in [1.807, 2.05) is 14.0 Å². The average molecular weight is 267 g/mol. The van der Waals surface area contributed by atoms with Crippen LogP contribution in [0.5, 0.6) is 0 Å². The van der Waals surface area contributed by atoms with Crippen LogP contribution >= 0.6 is 0 Å². The summed E-state index contributed by atoms with van der Waals surface area (Å²) in [7, 11) is 1.93. The number of aromatic nitrogens is 2. The fourth-order valence-electron chi connectivity index (χ4n) is 2.79. The maximum Gasteiger partial charge on any atom is 0.233 e. The van der Waals surface area contributed by atoms with E-state index in [2.05, 4.69) is 15.5 Å². The largest absolute Gasteiger partial charge is 0.379 e. The van der Waals surface area contributed by atoms with Gasteiger partial charge in [-0.2, -0.15) is 4.98 Å². The molecule has 1 aromatic rings. The quantitative estimate of drug-likeness (QED) is 0.887. The Labute approximate surface area is 112 Å². The van der Waals surface area contributed by atoms with Crippen LogP contribution in [0.2, 0.25) is 0 Å². The van der Waals surface area contributed by atoms with Crippen molar-refractivity contribution in [3.8, 4) is 0 Å². The topological polar surface area (TPSA) is 69.4 Å². The Hall–Kier alpha value is -0.980. The molecular formula is C13H21N3O3. The Morgan fingerprint density at radius 2 is 2.21 bits per heavy atom. The van der Waals surface area contributed by atoms with Crippen LogP contribution < -0.4 is 5.32 Å². The van der Waals surface area contributed by atoms with E-state index in [4.69, 9.17) is 14.0 Å². The lowest BCUT2D eigenvalue weighted by molar-refractivity contribution is -0.0770. The first kappa shape index (κ1) is 13.0. The van der Waals surface area contributed by atoms with Gasteiger partial charge in [-0.15, -0.1) is 0 Å². The number of ether oxygens (including phenoxy) is 2. The summed E-state index contributed by atoms with van der Waals surface area (Å²) in [6.07, 6.45) is 3.20. The fraction of sp³-hybridized carbons (Fsp3) is 0.846. The first-order chi connectivity index (χ1) is 9.23. The Bertz CT molecular complexity index is 429. The third kappa shape index (κ3) is 2.40. The van der Waals surface area contributed by atoms with Gasteiger partial charge in [0.15, 0.2) is 0 Å². The van der Waals surface area contributed by atoms with Crippen molar-refractivity contribution in [2.45, 2.75) is 43.7 Å². The van der Waals surface area contributed by atoms with Crippen molar-refractivity contribution in [3.63, 3.8) is 0 Å². The molecule has 1 aromatic heterocycles. The lowest BCUT2D eigenvalue weighted by Crippen LogP contribution is -2.32. The van der Waals surface area contributed by atoms with Crippen molar-refractivity contribution in [1.29, 1.82) is 0 Å². The van der Waals surface area contributed by atoms with E-state index in [0.717, 1.165) is 25.9 Å². The highest BCUT2D eigenvalue weighted by Crippen LogP contribution is 2.34. The summed E-state index contributed by atoms with van der Waals surface area (Å²) in [6.45, 7) is 4.13. The fourth-order valence-corrected chi connectivity index (χ4v) is 2.79. The van der Waals surface area contributed by atoms with Gasteiger partial charge in [0.05, 0.1) is 19.1 Å². The number of hydrogen-bond donors (Lipinski definition) is 1. The molecule has 19 heavy (non-hydrogen) atoms. The molecule has 0 radical (unpaired) electrons. The number of nitrogens with one attached hydrogen (secondary N) is 1. The Morgan fingerprint density at radius 1 is 1.32 bits per heavy atom. The molecule has 6 nitrogen and oxygen atoms in total. The van der Waals surface area contributed by atoms with Crippen LogP contribution in [-0.4, -0.2) is 43.1 Å². The first-order valence-electron chi connectivity index (χ1n) is 6.96. The third-order valence-corrected chi connectivity index (χ3v) is 4.15. The monoisotopic (exact) mass is 267 g/mol. The molecule has 6 heteroatoms. The van der Waals surface area contributed by atoms with Crippen LogP contribution in [0.1, 0.15) is 43.8 Å². The van der Waals surface area contributed by atoms with E-state index >= 15 is 0 Å². The molecule has 3 rings (SSSR count). The maximum absolute atomic E-state index is 5.85. The Morgan fingerprint density at radius 3 is 2.95 bits per heavy atom. The van der Waals surface area contributed by atoms with Gasteiger partial charge in [0.1, 0.15) is 5.60 Å². The molecule has 3 unspecified atom stereocenters. The van der Waals surface area contributed by atoms with Gasteiger partial charge in [0, 0.05) is 12.6 Å². The van der Waals surface area contributed by atoms with Crippen molar-refractivity contribution in [2.75, 3.05) is 26.9 Å². The van der Waals surface area contributed by atoms with E-state index in [-0.39, 0.29) is 12.0 Å². The second-order valence-corrected chi connectivity index (χ2v) is 5.53. The van der Waals surface area contributed by atoms with Crippen LogP contribution in [0.15, 0.2) is 4.52 Å². The van der Waals surface area contributed by atoms with E-state index in [1.54, 1.807) is 0 Å². The van der Waals surface area contributed by atoms with Gasteiger partial charge >= 0.3 is 0 Å². The molecule has 0 amide bonds. The zero-order chi connectivity index (χ0) is 13.3. The summed E-state index contributed by atoms with van der Waals surface area (Å²) in [5.41, 5.74) is -0.394. The number of likely N-dealkylation sites (N-methyl/N-ethyl adjacent to an activating group) is 1. The summed E-state index contributed by atoms with van der Waals surface area (Å²) in [4.78, 5) is 4.56. The molecule has 0 aromatic carbocycles. The van der Waals surface area contributed by atoms with Gasteiger partial charge in [0.2, 0.25) is 11.7 Å². The normalized spacial score (nSPS) is 35.7. The highest BCUT2D eigenvalue weighted by Gasteiger charge is 2.38. The molecule has 2 aliphatic rings. The van der Waals surface area contributed by atoms with Crippen molar-refractivity contribution < 1.29 is 14.0 Å². The molecule has 2 aliphatic heterocycles. The van der Waals surface area contributed by atoms with Crippen molar-refractivity contribution in [3.05, 3.63) is 11.7 Å². The van der Waals surface area contributed by atoms with Crippen LogP contribution in [0, 0.1) is 0 Å². The zero-order valence-electron chi connectivity index (χ0n) is 11.5. The zero-order valence-corrected chi connectivity index (χ0v) is 11.5. The standard InChI is InChI=1S/C13H21N3O3/c1-13(5-3-4-6-18-13)12-15-11(19-16-12)9-7-17-8-10(9)14-2/h9-10,14H,3-8H2,1-2H3. The molecule has 0 bridgehead atoms. The van der Waals surface area contributed by atoms with Gasteiger partial charge in [-0.1, -0.05) is 5.16 Å².